The molecule has 0 radical (unpaired) electrons. The minimum Gasteiger partial charge on any atom is -0.492 e. The fourth-order valence-corrected chi connectivity index (χ4v) is 3.13. The van der Waals surface area contributed by atoms with Gasteiger partial charge in [0.2, 0.25) is 0 Å². The summed E-state index contributed by atoms with van der Waals surface area (Å²) in [5.74, 6) is -1.36. The Balaban J connectivity index is 1.51. The van der Waals surface area contributed by atoms with Gasteiger partial charge in [0.15, 0.2) is 23.1 Å². The topological polar surface area (TPSA) is 63.2 Å². The van der Waals surface area contributed by atoms with Crippen LogP contribution in [0.3, 0.4) is 0 Å². The molecule has 1 unspecified atom stereocenters. The predicted molar refractivity (Wildman–Crippen MR) is 88.2 cm³/mol. The molecule has 9 heteroatoms. The van der Waals surface area contributed by atoms with Gasteiger partial charge in [0.1, 0.15) is 12.4 Å². The lowest BCUT2D eigenvalue weighted by Crippen LogP contribution is -2.26. The van der Waals surface area contributed by atoms with Crippen molar-refractivity contribution in [1.29, 1.82) is 0 Å². The minimum atomic E-state index is -3.75. The fraction of sp³-hybridized carbons (Fsp3) is 0.316. The van der Waals surface area contributed by atoms with Crippen molar-refractivity contribution in [3.8, 4) is 23.0 Å². The van der Waals surface area contributed by atoms with E-state index in [4.69, 9.17) is 9.47 Å². The molecule has 0 aliphatic carbocycles. The van der Waals surface area contributed by atoms with E-state index in [9.17, 15) is 18.0 Å². The van der Waals surface area contributed by atoms with Gasteiger partial charge in [-0.3, -0.25) is 4.79 Å². The molecule has 0 amide bonds. The summed E-state index contributed by atoms with van der Waals surface area (Å²) in [5.41, 5.74) is 0.825. The molecule has 2 aliphatic heterocycles. The van der Waals surface area contributed by atoms with Crippen molar-refractivity contribution >= 4 is 5.97 Å². The summed E-state index contributed by atoms with van der Waals surface area (Å²) in [6.45, 7) is 0.00366. The molecule has 0 bridgehead atoms. The highest BCUT2D eigenvalue weighted by atomic mass is 19.3. The van der Waals surface area contributed by atoms with Crippen LogP contribution in [0.25, 0.3) is 0 Å². The van der Waals surface area contributed by atoms with Crippen LogP contribution in [0.15, 0.2) is 30.3 Å². The van der Waals surface area contributed by atoms with E-state index >= 15 is 0 Å². The summed E-state index contributed by atoms with van der Waals surface area (Å²) in [5, 5.41) is 0. The third kappa shape index (κ3) is 3.39. The first-order valence-electron chi connectivity index (χ1n) is 8.40. The van der Waals surface area contributed by atoms with Gasteiger partial charge in [-0.1, -0.05) is 12.1 Å². The van der Waals surface area contributed by atoms with Gasteiger partial charge in [0.05, 0.1) is 20.1 Å². The lowest BCUT2D eigenvalue weighted by molar-refractivity contribution is -0.287. The largest absolute Gasteiger partial charge is 0.586 e. The molecular weight excluding hydrogens is 381 g/mol. The Labute approximate surface area is 157 Å². The molecule has 2 aromatic carbocycles. The maximum absolute atomic E-state index is 14.5. The first-order chi connectivity index (χ1) is 13.4. The lowest BCUT2D eigenvalue weighted by atomic mass is 9.97. The average Bonchev–Trinajstić information content (AvgIpc) is 3.18. The van der Waals surface area contributed by atoms with E-state index < -0.39 is 18.1 Å². The molecule has 0 aromatic heterocycles. The Kier molecular flexibility index (Phi) is 4.44. The molecule has 0 fully saturated rings. The molecule has 1 atom stereocenters. The van der Waals surface area contributed by atoms with Crippen LogP contribution in [0.4, 0.5) is 13.2 Å². The highest BCUT2D eigenvalue weighted by Gasteiger charge is 2.44. The smallest absolute Gasteiger partial charge is 0.492 e. The molecule has 2 heterocycles. The van der Waals surface area contributed by atoms with Crippen LogP contribution in [-0.2, 0) is 16.1 Å². The molecule has 4 rings (SSSR count). The molecule has 0 N–H and O–H groups in total. The van der Waals surface area contributed by atoms with Gasteiger partial charge in [-0.25, -0.2) is 4.39 Å². The van der Waals surface area contributed by atoms with Crippen molar-refractivity contribution in [2.45, 2.75) is 25.2 Å². The molecule has 6 nitrogen and oxygen atoms in total. The van der Waals surface area contributed by atoms with Gasteiger partial charge in [-0.2, -0.15) is 0 Å². The Morgan fingerprint density at radius 2 is 2.07 bits per heavy atom. The van der Waals surface area contributed by atoms with Gasteiger partial charge in [0.25, 0.3) is 0 Å². The fourth-order valence-electron chi connectivity index (χ4n) is 3.13. The van der Waals surface area contributed by atoms with E-state index in [1.165, 1.54) is 37.4 Å². The van der Waals surface area contributed by atoms with E-state index in [2.05, 4.69) is 14.2 Å². The number of hydrogen-bond donors (Lipinski definition) is 0. The predicted octanol–water partition coefficient (Wildman–Crippen LogP) is 3.77. The van der Waals surface area contributed by atoms with Crippen molar-refractivity contribution in [3.05, 3.63) is 47.3 Å². The normalized spacial score (nSPS) is 18.4. The monoisotopic (exact) mass is 396 g/mol. The lowest BCUT2D eigenvalue weighted by Gasteiger charge is -2.12. The molecular formula is C19H15F3O6. The first kappa shape index (κ1) is 18.3. The summed E-state index contributed by atoms with van der Waals surface area (Å²) < 4.78 is 65.4. The number of hydrogen-bond acceptors (Lipinski definition) is 6. The van der Waals surface area contributed by atoms with E-state index in [0.717, 1.165) is 0 Å². The van der Waals surface area contributed by atoms with Crippen LogP contribution in [0.5, 0.6) is 23.0 Å². The van der Waals surface area contributed by atoms with E-state index in [1.807, 2.05) is 0 Å². The van der Waals surface area contributed by atoms with Crippen LogP contribution in [-0.4, -0.2) is 26.0 Å². The van der Waals surface area contributed by atoms with E-state index in [0.29, 0.717) is 11.3 Å². The maximum Gasteiger partial charge on any atom is 0.586 e. The molecule has 148 valence electrons. The Hall–Kier alpha value is -3.10. The molecule has 2 aromatic rings. The zero-order valence-electron chi connectivity index (χ0n) is 14.7. The average molecular weight is 396 g/mol. The SMILES string of the molecule is COC(=O)CC1COc2cc(OCc3cccc4c3OC(F)(F)O4)c(F)cc21. The summed E-state index contributed by atoms with van der Waals surface area (Å²) in [7, 11) is 1.28. The van der Waals surface area contributed by atoms with Crippen LogP contribution < -0.4 is 18.9 Å². The van der Waals surface area contributed by atoms with Gasteiger partial charge >= 0.3 is 12.3 Å². The summed E-state index contributed by atoms with van der Waals surface area (Å²) in [6, 6.07) is 6.97. The van der Waals surface area contributed by atoms with Gasteiger partial charge in [0, 0.05) is 23.1 Å². The number of fused-ring (bicyclic) bond motifs is 2. The number of carbonyl (C=O) groups excluding carboxylic acids is 1. The number of ether oxygens (including phenoxy) is 5. The maximum atomic E-state index is 14.5. The summed E-state index contributed by atoms with van der Waals surface area (Å²) >= 11 is 0. The number of esters is 1. The van der Waals surface area contributed by atoms with Gasteiger partial charge < -0.3 is 23.7 Å². The molecule has 0 spiro atoms. The number of rotatable bonds is 5. The van der Waals surface area contributed by atoms with E-state index in [1.54, 1.807) is 0 Å². The number of alkyl halides is 2. The second kappa shape index (κ2) is 6.81. The van der Waals surface area contributed by atoms with Crippen LogP contribution in [0, 0.1) is 5.82 Å². The standard InChI is InChI=1S/C19H15F3O6/c1-24-17(23)5-11-9-25-15-7-16(13(20)6-12(11)15)26-8-10-3-2-4-14-18(10)28-19(21,22)27-14/h2-4,6-7,11H,5,8-9H2,1H3. The Morgan fingerprint density at radius 3 is 2.86 bits per heavy atom. The highest BCUT2D eigenvalue weighted by molar-refractivity contribution is 5.71. The third-order valence-corrected chi connectivity index (χ3v) is 4.48. The van der Waals surface area contributed by atoms with Gasteiger partial charge in [-0.15, -0.1) is 8.78 Å². The number of para-hydroxylation sites is 1. The molecule has 2 aliphatic rings. The van der Waals surface area contributed by atoms with Crippen molar-refractivity contribution < 1.29 is 41.7 Å². The number of methoxy groups -OCH3 is 1. The number of carbonyl (C=O) groups is 1. The zero-order chi connectivity index (χ0) is 19.9. The van der Waals surface area contributed by atoms with Crippen LogP contribution in [0.2, 0.25) is 0 Å². The first-order valence-corrected chi connectivity index (χ1v) is 8.40. The second-order valence-electron chi connectivity index (χ2n) is 6.31. The molecule has 28 heavy (non-hydrogen) atoms. The Bertz CT molecular complexity index is 930. The zero-order valence-corrected chi connectivity index (χ0v) is 14.7. The summed E-state index contributed by atoms with van der Waals surface area (Å²) in [6.07, 6.45) is -3.68. The Morgan fingerprint density at radius 1 is 1.25 bits per heavy atom. The van der Waals surface area contributed by atoms with Gasteiger partial charge in [-0.05, 0) is 12.1 Å². The molecule has 0 saturated heterocycles. The highest BCUT2D eigenvalue weighted by Crippen LogP contribution is 2.44. The summed E-state index contributed by atoms with van der Waals surface area (Å²) in [4.78, 5) is 11.5. The van der Waals surface area contributed by atoms with Crippen molar-refractivity contribution in [2.75, 3.05) is 13.7 Å². The third-order valence-electron chi connectivity index (χ3n) is 4.48. The second-order valence-corrected chi connectivity index (χ2v) is 6.31. The number of halogens is 3. The van der Waals surface area contributed by atoms with Crippen molar-refractivity contribution in [3.63, 3.8) is 0 Å². The van der Waals surface area contributed by atoms with E-state index in [-0.39, 0.29) is 48.4 Å². The van der Waals surface area contributed by atoms with Crippen molar-refractivity contribution in [2.24, 2.45) is 0 Å². The van der Waals surface area contributed by atoms with Crippen LogP contribution in [0.1, 0.15) is 23.5 Å². The van der Waals surface area contributed by atoms with Crippen LogP contribution >= 0.6 is 0 Å². The quantitative estimate of drug-likeness (QED) is 0.717. The molecule has 0 saturated carbocycles. The minimum absolute atomic E-state index is 0.0743. The number of benzene rings is 2. The van der Waals surface area contributed by atoms with Crippen molar-refractivity contribution in [1.82, 2.24) is 0 Å².